The van der Waals surface area contributed by atoms with E-state index in [2.05, 4.69) is 11.6 Å². The zero-order valence-electron chi connectivity index (χ0n) is 19.3. The van der Waals surface area contributed by atoms with Crippen LogP contribution in [0.15, 0.2) is 85.5 Å². The van der Waals surface area contributed by atoms with E-state index in [-0.39, 0.29) is 5.56 Å². The molecule has 0 aliphatic heterocycles. The molecule has 5 nitrogen and oxygen atoms in total. The van der Waals surface area contributed by atoms with Gasteiger partial charge in [-0.2, -0.15) is 13.2 Å². The van der Waals surface area contributed by atoms with Gasteiger partial charge in [0.25, 0.3) is 0 Å². The number of aromatic nitrogens is 1. The Balaban J connectivity index is 1.73. The van der Waals surface area contributed by atoms with Crippen LogP contribution >= 0.6 is 0 Å². The molecule has 1 unspecified atom stereocenters. The van der Waals surface area contributed by atoms with E-state index in [9.17, 15) is 28.2 Å². The number of aliphatic hydroxyl groups is 1. The topological polar surface area (TPSA) is 73.7 Å². The van der Waals surface area contributed by atoms with E-state index in [1.54, 1.807) is 48.4 Å². The highest BCUT2D eigenvalue weighted by Gasteiger charge is 2.30. The Morgan fingerprint density at radius 1 is 1.06 bits per heavy atom. The van der Waals surface area contributed by atoms with Crippen LogP contribution in [0, 0.1) is 0 Å². The molecule has 4 rings (SSSR count). The van der Waals surface area contributed by atoms with Crippen molar-refractivity contribution in [2.75, 3.05) is 11.9 Å². The molecule has 0 amide bonds. The molecule has 0 bridgehead atoms. The Morgan fingerprint density at radius 3 is 2.42 bits per heavy atom. The largest absolute Gasteiger partial charge is 0.478 e. The maximum Gasteiger partial charge on any atom is 0.416 e. The zero-order chi connectivity index (χ0) is 26.0. The molecule has 0 aliphatic carbocycles. The minimum atomic E-state index is -4.44. The predicted molar refractivity (Wildman–Crippen MR) is 133 cm³/mol. The third-order valence-corrected chi connectivity index (χ3v) is 5.95. The average molecular weight is 492 g/mol. The lowest BCUT2D eigenvalue weighted by Gasteiger charge is -2.27. The Hall–Kier alpha value is -4.17. The highest BCUT2D eigenvalue weighted by Crippen LogP contribution is 2.35. The van der Waals surface area contributed by atoms with Crippen molar-refractivity contribution in [1.82, 2.24) is 4.98 Å². The van der Waals surface area contributed by atoms with Crippen LogP contribution in [-0.2, 0) is 12.6 Å². The summed E-state index contributed by atoms with van der Waals surface area (Å²) in [5.74, 6) is -0.603. The number of fused-ring (bicyclic) bond motifs is 1. The molecular weight excluding hydrogens is 469 g/mol. The van der Waals surface area contributed by atoms with Crippen LogP contribution in [0.5, 0.6) is 0 Å². The molecular formula is C28H23F3N2O3. The maximum absolute atomic E-state index is 13.0. The van der Waals surface area contributed by atoms with Crippen LogP contribution in [0.2, 0.25) is 0 Å². The summed E-state index contributed by atoms with van der Waals surface area (Å²) < 4.78 is 39.1. The monoisotopic (exact) mass is 492 g/mol. The van der Waals surface area contributed by atoms with Gasteiger partial charge in [-0.05, 0) is 65.6 Å². The summed E-state index contributed by atoms with van der Waals surface area (Å²) in [5, 5.41) is 21.2. The summed E-state index contributed by atoms with van der Waals surface area (Å²) in [6.07, 6.45) is -3.34. The number of benzene rings is 3. The van der Waals surface area contributed by atoms with Crippen molar-refractivity contribution in [3.05, 3.63) is 108 Å². The van der Waals surface area contributed by atoms with Crippen molar-refractivity contribution >= 4 is 22.7 Å². The van der Waals surface area contributed by atoms with Crippen molar-refractivity contribution in [2.45, 2.75) is 18.8 Å². The summed E-state index contributed by atoms with van der Waals surface area (Å²) in [4.78, 5) is 17.3. The number of pyridine rings is 1. The van der Waals surface area contributed by atoms with E-state index in [0.717, 1.165) is 17.7 Å². The SMILES string of the molecule is C=CCc1ccc(-c2ccc(C(F)(F)F)cc2)c(C(O)N(C)c2ccc3cc(C(=O)O)ccc3n2)c1. The number of nitrogens with zero attached hydrogens (tertiary/aromatic N) is 2. The average Bonchev–Trinajstić information content (AvgIpc) is 2.87. The number of allylic oxidation sites excluding steroid dienone is 1. The Labute approximate surface area is 205 Å². The van der Waals surface area contributed by atoms with E-state index in [1.807, 2.05) is 6.07 Å². The van der Waals surface area contributed by atoms with E-state index in [0.29, 0.717) is 39.8 Å². The second-order valence-electron chi connectivity index (χ2n) is 8.36. The normalized spacial score (nSPS) is 12.4. The Morgan fingerprint density at radius 2 is 1.78 bits per heavy atom. The second kappa shape index (κ2) is 9.83. The minimum absolute atomic E-state index is 0.144. The molecule has 184 valence electrons. The van der Waals surface area contributed by atoms with Crippen molar-refractivity contribution in [3.63, 3.8) is 0 Å². The lowest BCUT2D eigenvalue weighted by atomic mass is 9.94. The van der Waals surface area contributed by atoms with Gasteiger partial charge >= 0.3 is 12.1 Å². The fourth-order valence-corrected chi connectivity index (χ4v) is 4.00. The number of aromatic carboxylic acids is 1. The number of halogens is 3. The fourth-order valence-electron chi connectivity index (χ4n) is 4.00. The number of anilines is 1. The highest BCUT2D eigenvalue weighted by molar-refractivity contribution is 5.93. The first-order valence-electron chi connectivity index (χ1n) is 11.0. The summed E-state index contributed by atoms with van der Waals surface area (Å²) in [5.41, 5.74) is 2.45. The van der Waals surface area contributed by atoms with Gasteiger partial charge in [0, 0.05) is 18.0 Å². The molecule has 3 aromatic carbocycles. The number of hydrogen-bond donors (Lipinski definition) is 2. The molecule has 0 fully saturated rings. The molecule has 4 aromatic rings. The third-order valence-electron chi connectivity index (χ3n) is 5.95. The van der Waals surface area contributed by atoms with Crippen LogP contribution < -0.4 is 4.90 Å². The highest BCUT2D eigenvalue weighted by atomic mass is 19.4. The van der Waals surface area contributed by atoms with Crippen molar-refractivity contribution in [3.8, 4) is 11.1 Å². The maximum atomic E-state index is 13.0. The number of carboxylic acids is 1. The molecule has 0 saturated carbocycles. The van der Waals surface area contributed by atoms with E-state index < -0.39 is 23.9 Å². The lowest BCUT2D eigenvalue weighted by molar-refractivity contribution is -0.137. The van der Waals surface area contributed by atoms with E-state index in [4.69, 9.17) is 0 Å². The number of hydrogen-bond acceptors (Lipinski definition) is 4. The third kappa shape index (κ3) is 5.08. The van der Waals surface area contributed by atoms with Gasteiger partial charge in [0.05, 0.1) is 16.6 Å². The molecule has 1 atom stereocenters. The zero-order valence-corrected chi connectivity index (χ0v) is 19.3. The van der Waals surface area contributed by atoms with Crippen LogP contribution in [0.25, 0.3) is 22.0 Å². The van der Waals surface area contributed by atoms with Crippen LogP contribution in [0.4, 0.5) is 19.0 Å². The van der Waals surface area contributed by atoms with Crippen LogP contribution in [0.1, 0.15) is 33.3 Å². The van der Waals surface area contributed by atoms with Gasteiger partial charge in [-0.25, -0.2) is 9.78 Å². The molecule has 0 aliphatic rings. The molecule has 2 N–H and O–H groups in total. The first-order chi connectivity index (χ1) is 17.1. The first-order valence-corrected chi connectivity index (χ1v) is 11.0. The second-order valence-corrected chi connectivity index (χ2v) is 8.36. The van der Waals surface area contributed by atoms with Gasteiger partial charge in [-0.1, -0.05) is 36.4 Å². The number of alkyl halides is 3. The van der Waals surface area contributed by atoms with E-state index >= 15 is 0 Å². The summed E-state index contributed by atoms with van der Waals surface area (Å²) in [6, 6.07) is 18.2. The Kier molecular flexibility index (Phi) is 6.81. The number of carboxylic acid groups (broad SMARTS) is 1. The van der Waals surface area contributed by atoms with Gasteiger partial charge in [0.1, 0.15) is 5.82 Å². The molecule has 0 spiro atoms. The standard InChI is InChI=1S/C28H23F3N2O3/c1-3-4-17-5-12-22(18-6-10-21(11-7-18)28(29,30)31)23(15-17)26(34)33(2)25-14-9-19-16-20(27(35)36)8-13-24(19)32-25/h3,5-16,26,34H,1,4H2,2H3,(H,35,36). The number of rotatable bonds is 7. The van der Waals surface area contributed by atoms with Gasteiger partial charge in [0.2, 0.25) is 0 Å². The minimum Gasteiger partial charge on any atom is -0.478 e. The molecule has 36 heavy (non-hydrogen) atoms. The summed E-state index contributed by atoms with van der Waals surface area (Å²) in [6.45, 7) is 3.75. The molecule has 8 heteroatoms. The van der Waals surface area contributed by atoms with Crippen LogP contribution in [-0.4, -0.2) is 28.2 Å². The summed E-state index contributed by atoms with van der Waals surface area (Å²) >= 11 is 0. The van der Waals surface area contributed by atoms with E-state index in [1.165, 1.54) is 24.3 Å². The van der Waals surface area contributed by atoms with Gasteiger partial charge in [-0.15, -0.1) is 6.58 Å². The molecule has 1 heterocycles. The van der Waals surface area contributed by atoms with Gasteiger partial charge in [0.15, 0.2) is 6.23 Å². The predicted octanol–water partition coefficient (Wildman–Crippen LogP) is 6.47. The Bertz CT molecular complexity index is 1430. The molecule has 1 aromatic heterocycles. The number of aliphatic hydroxyl groups excluding tert-OH is 1. The smallest absolute Gasteiger partial charge is 0.416 e. The molecule has 0 saturated heterocycles. The lowest BCUT2D eigenvalue weighted by Crippen LogP contribution is -2.25. The van der Waals surface area contributed by atoms with Crippen molar-refractivity contribution < 1.29 is 28.2 Å². The van der Waals surface area contributed by atoms with Crippen LogP contribution in [0.3, 0.4) is 0 Å². The summed E-state index contributed by atoms with van der Waals surface area (Å²) in [7, 11) is 1.65. The first kappa shape index (κ1) is 24.9. The number of carbonyl (C=O) groups is 1. The van der Waals surface area contributed by atoms with Gasteiger partial charge in [-0.3, -0.25) is 0 Å². The quantitative estimate of drug-likeness (QED) is 0.228. The van der Waals surface area contributed by atoms with Gasteiger partial charge < -0.3 is 15.1 Å². The fraction of sp³-hybridized carbons (Fsp3) is 0.143. The van der Waals surface area contributed by atoms with Crippen molar-refractivity contribution in [1.29, 1.82) is 0 Å². The molecule has 0 radical (unpaired) electrons. The van der Waals surface area contributed by atoms with Crippen molar-refractivity contribution in [2.24, 2.45) is 0 Å².